The number of carboxylic acid groups (broad SMARTS) is 1. The number of H-pyrrole nitrogens is 1. The molecule has 1 aliphatic heterocycles. The van der Waals surface area contributed by atoms with E-state index in [2.05, 4.69) is 10.2 Å². The number of benzene rings is 1. The summed E-state index contributed by atoms with van der Waals surface area (Å²) in [7, 11) is 0. The zero-order chi connectivity index (χ0) is 15.5. The van der Waals surface area contributed by atoms with E-state index in [-0.39, 0.29) is 11.8 Å². The van der Waals surface area contributed by atoms with Crippen molar-refractivity contribution in [2.24, 2.45) is 0 Å². The Balaban J connectivity index is 1.77. The van der Waals surface area contributed by atoms with Crippen molar-refractivity contribution in [3.8, 4) is 17.0 Å². The Morgan fingerprint density at radius 1 is 1.45 bits per heavy atom. The van der Waals surface area contributed by atoms with Crippen molar-refractivity contribution in [2.45, 2.75) is 18.9 Å². The van der Waals surface area contributed by atoms with Crippen LogP contribution in [0, 0.1) is 0 Å². The molecule has 1 aromatic carbocycles. The minimum atomic E-state index is -1.04. The minimum Gasteiger partial charge on any atom is -0.488 e. The Morgan fingerprint density at radius 2 is 2.32 bits per heavy atom. The van der Waals surface area contributed by atoms with E-state index in [0.29, 0.717) is 16.5 Å². The number of halogens is 1. The molecule has 1 unspecified atom stereocenters. The quantitative estimate of drug-likeness (QED) is 0.889. The minimum absolute atomic E-state index is 0.0469. The second-order valence-corrected chi connectivity index (χ2v) is 6.63. The first-order chi connectivity index (χ1) is 10.6. The number of hydrogen-bond acceptors (Lipinski definition) is 4. The van der Waals surface area contributed by atoms with E-state index >= 15 is 0 Å². The summed E-state index contributed by atoms with van der Waals surface area (Å²) >= 11 is 8.18. The van der Waals surface area contributed by atoms with Gasteiger partial charge in [-0.05, 0) is 42.9 Å². The molecule has 0 aliphatic carbocycles. The molecule has 0 spiro atoms. The second kappa shape index (κ2) is 6.62. The molecular formula is C15H15ClN2O3S. The highest BCUT2D eigenvalue weighted by Gasteiger charge is 2.17. The summed E-state index contributed by atoms with van der Waals surface area (Å²) < 4.78 is 5.95. The largest absolute Gasteiger partial charge is 0.488 e. The number of nitrogens with one attached hydrogen (secondary N) is 1. The van der Waals surface area contributed by atoms with Gasteiger partial charge in [0, 0.05) is 11.3 Å². The van der Waals surface area contributed by atoms with Crippen LogP contribution in [-0.4, -0.2) is 38.9 Å². The van der Waals surface area contributed by atoms with Gasteiger partial charge in [-0.15, -0.1) is 0 Å². The molecule has 7 heteroatoms. The maximum atomic E-state index is 10.9. The van der Waals surface area contributed by atoms with Crippen LogP contribution in [0.4, 0.5) is 0 Å². The third-order valence-corrected chi connectivity index (χ3v) is 4.93. The van der Waals surface area contributed by atoms with E-state index < -0.39 is 5.97 Å². The second-order valence-electron chi connectivity index (χ2n) is 5.07. The van der Waals surface area contributed by atoms with Gasteiger partial charge in [0.05, 0.1) is 10.7 Å². The highest BCUT2D eigenvalue weighted by Crippen LogP contribution is 2.32. The van der Waals surface area contributed by atoms with E-state index in [1.807, 2.05) is 23.9 Å². The van der Waals surface area contributed by atoms with Crippen LogP contribution in [0.1, 0.15) is 23.3 Å². The molecule has 116 valence electrons. The molecule has 1 aromatic heterocycles. The number of aromatic carboxylic acids is 1. The van der Waals surface area contributed by atoms with E-state index in [9.17, 15) is 4.79 Å². The van der Waals surface area contributed by atoms with Gasteiger partial charge in [0.1, 0.15) is 17.5 Å². The Kier molecular flexibility index (Phi) is 4.59. The zero-order valence-electron chi connectivity index (χ0n) is 11.7. The standard InChI is InChI=1S/C15H15ClN2O3S/c16-11-6-9(12-7-13(15(19)20)18-17-12)3-4-14(11)21-10-2-1-5-22-8-10/h3-4,6-7,10H,1-2,5,8H2,(H,17,18)(H,19,20). The number of hydrogen-bond donors (Lipinski definition) is 2. The lowest BCUT2D eigenvalue weighted by Gasteiger charge is -2.23. The van der Waals surface area contributed by atoms with Crippen molar-refractivity contribution >= 4 is 29.3 Å². The summed E-state index contributed by atoms with van der Waals surface area (Å²) in [5.74, 6) is 1.79. The van der Waals surface area contributed by atoms with E-state index in [4.69, 9.17) is 21.4 Å². The lowest BCUT2D eigenvalue weighted by atomic mass is 10.1. The van der Waals surface area contributed by atoms with Crippen molar-refractivity contribution < 1.29 is 14.6 Å². The fraction of sp³-hybridized carbons (Fsp3) is 0.333. The lowest BCUT2D eigenvalue weighted by Crippen LogP contribution is -2.23. The topological polar surface area (TPSA) is 75.2 Å². The zero-order valence-corrected chi connectivity index (χ0v) is 13.3. The van der Waals surface area contributed by atoms with Crippen LogP contribution in [0.15, 0.2) is 24.3 Å². The van der Waals surface area contributed by atoms with Crippen LogP contribution in [0.2, 0.25) is 5.02 Å². The van der Waals surface area contributed by atoms with E-state index in [1.54, 1.807) is 6.07 Å². The summed E-state index contributed by atoms with van der Waals surface area (Å²) in [6.45, 7) is 0. The summed E-state index contributed by atoms with van der Waals surface area (Å²) in [5, 5.41) is 15.9. The molecule has 2 heterocycles. The Hall–Kier alpha value is -1.66. The van der Waals surface area contributed by atoms with Gasteiger partial charge >= 0.3 is 5.97 Å². The lowest BCUT2D eigenvalue weighted by molar-refractivity contribution is 0.0690. The molecule has 1 fully saturated rings. The van der Waals surface area contributed by atoms with Crippen LogP contribution in [0.3, 0.4) is 0 Å². The maximum absolute atomic E-state index is 10.9. The molecule has 1 aliphatic rings. The van der Waals surface area contributed by atoms with Crippen LogP contribution in [0.25, 0.3) is 11.3 Å². The first-order valence-electron chi connectivity index (χ1n) is 6.96. The van der Waals surface area contributed by atoms with Gasteiger partial charge in [-0.3, -0.25) is 5.10 Å². The number of rotatable bonds is 4. The van der Waals surface area contributed by atoms with Crippen LogP contribution >= 0.6 is 23.4 Å². The van der Waals surface area contributed by atoms with Crippen molar-refractivity contribution in [3.05, 3.63) is 35.0 Å². The van der Waals surface area contributed by atoms with Gasteiger partial charge < -0.3 is 9.84 Å². The van der Waals surface area contributed by atoms with Gasteiger partial charge in [-0.2, -0.15) is 16.9 Å². The van der Waals surface area contributed by atoms with Crippen LogP contribution in [-0.2, 0) is 0 Å². The summed E-state index contributed by atoms with van der Waals surface area (Å²) in [4.78, 5) is 10.9. The molecule has 0 bridgehead atoms. The van der Waals surface area contributed by atoms with E-state index in [0.717, 1.165) is 24.2 Å². The normalized spacial score (nSPS) is 18.1. The predicted octanol–water partition coefficient (Wildman–Crippen LogP) is 3.70. The van der Waals surface area contributed by atoms with E-state index in [1.165, 1.54) is 11.8 Å². The van der Waals surface area contributed by atoms with Crippen molar-refractivity contribution in [1.82, 2.24) is 10.2 Å². The molecule has 2 aromatic rings. The number of aromatic nitrogens is 2. The fourth-order valence-electron chi connectivity index (χ4n) is 2.32. The first kappa shape index (κ1) is 15.2. The third kappa shape index (κ3) is 3.39. The number of nitrogens with zero attached hydrogens (tertiary/aromatic N) is 1. The highest BCUT2D eigenvalue weighted by molar-refractivity contribution is 7.99. The monoisotopic (exact) mass is 338 g/mol. The van der Waals surface area contributed by atoms with Gasteiger partial charge in [-0.25, -0.2) is 4.79 Å². The molecule has 0 saturated carbocycles. The summed E-state index contributed by atoms with van der Waals surface area (Å²) in [6.07, 6.45) is 2.41. The fourth-order valence-corrected chi connectivity index (χ4v) is 3.58. The molecule has 0 radical (unpaired) electrons. The predicted molar refractivity (Wildman–Crippen MR) is 87.0 cm³/mol. The average molecular weight is 339 g/mol. The van der Waals surface area contributed by atoms with Crippen LogP contribution < -0.4 is 4.74 Å². The van der Waals surface area contributed by atoms with Crippen molar-refractivity contribution in [1.29, 1.82) is 0 Å². The number of carbonyl (C=O) groups is 1. The third-order valence-electron chi connectivity index (χ3n) is 3.45. The maximum Gasteiger partial charge on any atom is 0.353 e. The number of carboxylic acids is 1. The molecule has 1 saturated heterocycles. The van der Waals surface area contributed by atoms with Gasteiger partial charge in [0.15, 0.2) is 0 Å². The van der Waals surface area contributed by atoms with Gasteiger partial charge in [0.2, 0.25) is 0 Å². The molecule has 5 nitrogen and oxygen atoms in total. The van der Waals surface area contributed by atoms with Gasteiger partial charge in [-0.1, -0.05) is 11.6 Å². The summed E-state index contributed by atoms with van der Waals surface area (Å²) in [5.41, 5.74) is 1.34. The Bertz CT molecular complexity index is 683. The van der Waals surface area contributed by atoms with Crippen molar-refractivity contribution in [3.63, 3.8) is 0 Å². The van der Waals surface area contributed by atoms with Gasteiger partial charge in [0.25, 0.3) is 0 Å². The number of ether oxygens (including phenoxy) is 1. The molecule has 3 rings (SSSR count). The molecular weight excluding hydrogens is 324 g/mol. The summed E-state index contributed by atoms with van der Waals surface area (Å²) in [6, 6.07) is 6.87. The van der Waals surface area contributed by atoms with Crippen molar-refractivity contribution in [2.75, 3.05) is 11.5 Å². The SMILES string of the molecule is O=C(O)c1cc(-c2ccc(OC3CCCSC3)c(Cl)c2)n[nH]1. The smallest absolute Gasteiger partial charge is 0.353 e. The molecule has 22 heavy (non-hydrogen) atoms. The molecule has 0 amide bonds. The Labute approximate surface area is 137 Å². The average Bonchev–Trinajstić information content (AvgIpc) is 3.00. The molecule has 2 N–H and O–H groups in total. The Morgan fingerprint density at radius 3 is 2.95 bits per heavy atom. The highest BCUT2D eigenvalue weighted by atomic mass is 35.5. The number of aromatic amines is 1. The van der Waals surface area contributed by atoms with Crippen LogP contribution in [0.5, 0.6) is 5.75 Å². The molecule has 1 atom stereocenters. The number of thioether (sulfide) groups is 1. The first-order valence-corrected chi connectivity index (χ1v) is 8.50.